The van der Waals surface area contributed by atoms with Crippen LogP contribution in [0.15, 0.2) is 0 Å². The van der Waals surface area contributed by atoms with Crippen LogP contribution in [0.2, 0.25) is 18.1 Å². The van der Waals surface area contributed by atoms with Gasteiger partial charge in [0.15, 0.2) is 7.38 Å². The third kappa shape index (κ3) is 2.18. The third-order valence-electron chi connectivity index (χ3n) is 1.90. The average molecular weight is 151 g/mol. The van der Waals surface area contributed by atoms with Crippen molar-refractivity contribution in [3.05, 3.63) is 0 Å². The summed E-state index contributed by atoms with van der Waals surface area (Å²) in [7, 11) is -1.28. The predicted octanol–water partition coefficient (Wildman–Crippen LogP) is 3.23. The first-order chi connectivity index (χ1) is 3.50. The monoisotopic (exact) mass is 150 g/mol. The van der Waals surface area contributed by atoms with Crippen LogP contribution in [0.1, 0.15) is 20.8 Å². The zero-order valence-corrected chi connectivity index (χ0v) is 7.92. The first-order valence-corrected chi connectivity index (χ1v) is 6.99. The first kappa shape index (κ1) is 8.51. The Morgan fingerprint density at radius 3 is 1.88 bits per heavy atom. The minimum Gasteiger partial charge on any atom is -0.167 e. The lowest BCUT2D eigenvalue weighted by molar-refractivity contribution is 1.01. The van der Waals surface area contributed by atoms with E-state index in [1.54, 1.807) is 0 Å². The Kier molecular flexibility index (Phi) is 3.06. The van der Waals surface area contributed by atoms with Crippen molar-refractivity contribution in [3.8, 4) is 0 Å². The summed E-state index contributed by atoms with van der Waals surface area (Å²) in [5.74, 6) is 0. The largest absolute Gasteiger partial charge is 0.167 e. The van der Waals surface area contributed by atoms with Gasteiger partial charge in [-0.1, -0.05) is 27.3 Å². The van der Waals surface area contributed by atoms with Gasteiger partial charge in [0.1, 0.15) is 0 Å². The molecule has 0 saturated carbocycles. The van der Waals surface area contributed by atoms with Gasteiger partial charge in [-0.15, -0.1) is 0 Å². The molecule has 0 N–H and O–H groups in total. The van der Waals surface area contributed by atoms with Crippen LogP contribution in [-0.4, -0.2) is 7.38 Å². The number of hydrogen-bond donors (Lipinski definition) is 0. The van der Waals surface area contributed by atoms with Crippen LogP contribution < -0.4 is 0 Å². The molecule has 1 atom stereocenters. The van der Waals surface area contributed by atoms with Crippen molar-refractivity contribution < 1.29 is 0 Å². The lowest BCUT2D eigenvalue weighted by Crippen LogP contribution is -2.24. The van der Waals surface area contributed by atoms with Gasteiger partial charge in [-0.2, -0.15) is 11.1 Å². The van der Waals surface area contributed by atoms with Crippen LogP contribution in [-0.2, 0) is 0 Å². The van der Waals surface area contributed by atoms with Gasteiger partial charge in [-0.05, 0) is 11.6 Å². The molecule has 0 aliphatic heterocycles. The maximum absolute atomic E-state index is 6.19. The molecule has 0 amide bonds. The minimum absolute atomic E-state index is 0.717. The Labute approximate surface area is 58.0 Å². The van der Waals surface area contributed by atoms with Gasteiger partial charge in [0.05, 0.1) is 0 Å². The summed E-state index contributed by atoms with van der Waals surface area (Å²) >= 11 is 6.19. The lowest BCUT2D eigenvalue weighted by atomic mass is 10.6. The van der Waals surface area contributed by atoms with Crippen LogP contribution in [0.5, 0.6) is 0 Å². The molecule has 0 radical (unpaired) electrons. The highest BCUT2D eigenvalue weighted by atomic mass is 35.6. The topological polar surface area (TPSA) is 0 Å². The number of rotatable bonds is 2. The molecule has 0 aromatic rings. The smallest absolute Gasteiger partial charge is 0.155 e. The Bertz CT molecular complexity index is 68.9. The van der Waals surface area contributed by atoms with Gasteiger partial charge in [0.25, 0.3) is 0 Å². The Morgan fingerprint density at radius 1 is 1.50 bits per heavy atom. The molecule has 8 heavy (non-hydrogen) atoms. The van der Waals surface area contributed by atoms with Crippen LogP contribution >= 0.6 is 11.1 Å². The molecule has 0 nitrogen and oxygen atoms in total. The van der Waals surface area contributed by atoms with Crippen molar-refractivity contribution in [1.82, 2.24) is 0 Å². The van der Waals surface area contributed by atoms with Gasteiger partial charge in [0, 0.05) is 0 Å². The highest BCUT2D eigenvalue weighted by Crippen LogP contribution is 2.27. The van der Waals surface area contributed by atoms with E-state index < -0.39 is 7.38 Å². The molecule has 0 spiro atoms. The third-order valence-corrected chi connectivity index (χ3v) is 7.80. The molecule has 0 aromatic carbocycles. The molecule has 0 aromatic heterocycles. The first-order valence-electron chi connectivity index (χ1n) is 3.19. The van der Waals surface area contributed by atoms with Crippen LogP contribution in [0.4, 0.5) is 0 Å². The molecule has 2 heteroatoms. The summed E-state index contributed by atoms with van der Waals surface area (Å²) in [6.07, 6.45) is 0. The molecule has 0 aliphatic carbocycles. The zero-order valence-electron chi connectivity index (χ0n) is 6.16. The predicted molar refractivity (Wildman–Crippen MR) is 43.1 cm³/mol. The van der Waals surface area contributed by atoms with Gasteiger partial charge in [-0.3, -0.25) is 0 Å². The fourth-order valence-corrected chi connectivity index (χ4v) is 1.22. The summed E-state index contributed by atoms with van der Waals surface area (Å²) in [5.41, 5.74) is 0.717. The highest BCUT2D eigenvalue weighted by molar-refractivity contribution is 7.20. The molecule has 0 heterocycles. The highest BCUT2D eigenvalue weighted by Gasteiger charge is 2.25. The van der Waals surface area contributed by atoms with Crippen LogP contribution in [0, 0.1) is 0 Å². The maximum Gasteiger partial charge on any atom is 0.155 e. The van der Waals surface area contributed by atoms with Crippen LogP contribution in [0.25, 0.3) is 0 Å². The molecule has 0 bridgehead atoms. The molecule has 0 saturated heterocycles. The van der Waals surface area contributed by atoms with E-state index in [2.05, 4.69) is 27.3 Å². The zero-order chi connectivity index (χ0) is 6.78. The summed E-state index contributed by atoms with van der Waals surface area (Å²) < 4.78 is 0. The summed E-state index contributed by atoms with van der Waals surface area (Å²) in [6, 6.07) is 1.19. The SMILES string of the molecule is CC[Si](C)(Cl)C(C)C. The number of hydrogen-bond acceptors (Lipinski definition) is 0. The quantitative estimate of drug-likeness (QED) is 0.419. The van der Waals surface area contributed by atoms with Crippen molar-refractivity contribution >= 4 is 18.5 Å². The Morgan fingerprint density at radius 2 is 1.88 bits per heavy atom. The van der Waals surface area contributed by atoms with Crippen molar-refractivity contribution in [2.75, 3.05) is 0 Å². The van der Waals surface area contributed by atoms with Crippen LogP contribution in [0.3, 0.4) is 0 Å². The van der Waals surface area contributed by atoms with E-state index in [1.165, 1.54) is 6.04 Å². The van der Waals surface area contributed by atoms with E-state index in [0.29, 0.717) is 5.54 Å². The van der Waals surface area contributed by atoms with E-state index >= 15 is 0 Å². The summed E-state index contributed by atoms with van der Waals surface area (Å²) in [5, 5.41) is 0. The second-order valence-electron chi connectivity index (χ2n) is 2.79. The van der Waals surface area contributed by atoms with Gasteiger partial charge >= 0.3 is 0 Å². The second-order valence-corrected chi connectivity index (χ2v) is 9.79. The van der Waals surface area contributed by atoms with Crippen molar-refractivity contribution in [1.29, 1.82) is 0 Å². The molecule has 0 aliphatic rings. The molecule has 50 valence electrons. The van der Waals surface area contributed by atoms with Gasteiger partial charge < -0.3 is 0 Å². The summed E-state index contributed by atoms with van der Waals surface area (Å²) in [6.45, 7) is 8.82. The summed E-state index contributed by atoms with van der Waals surface area (Å²) in [4.78, 5) is 0. The van der Waals surface area contributed by atoms with Gasteiger partial charge in [-0.25, -0.2) is 0 Å². The van der Waals surface area contributed by atoms with E-state index in [1.807, 2.05) is 0 Å². The Hall–Kier alpha value is 0.507. The normalized spacial score (nSPS) is 18.8. The van der Waals surface area contributed by atoms with E-state index in [0.717, 1.165) is 0 Å². The number of halogens is 1. The minimum atomic E-state index is -1.28. The molecule has 1 unspecified atom stereocenters. The second kappa shape index (κ2) is 2.88. The van der Waals surface area contributed by atoms with E-state index in [9.17, 15) is 0 Å². The molecular weight excluding hydrogens is 136 g/mol. The lowest BCUT2D eigenvalue weighted by Gasteiger charge is -2.20. The van der Waals surface area contributed by atoms with Crippen molar-refractivity contribution in [2.45, 2.75) is 38.9 Å². The molecule has 0 rings (SSSR count). The standard InChI is InChI=1S/C6H15ClSi/c1-5-8(4,7)6(2)3/h6H,5H2,1-4H3. The van der Waals surface area contributed by atoms with Crippen molar-refractivity contribution in [3.63, 3.8) is 0 Å². The fraction of sp³-hybridized carbons (Fsp3) is 1.00. The van der Waals surface area contributed by atoms with E-state index in [4.69, 9.17) is 11.1 Å². The van der Waals surface area contributed by atoms with E-state index in [-0.39, 0.29) is 0 Å². The molecule has 0 fully saturated rings. The van der Waals surface area contributed by atoms with Crippen molar-refractivity contribution in [2.24, 2.45) is 0 Å². The Balaban J connectivity index is 3.71. The fourth-order valence-electron chi connectivity index (χ4n) is 0.408. The van der Waals surface area contributed by atoms with Gasteiger partial charge in [0.2, 0.25) is 0 Å². The maximum atomic E-state index is 6.19. The molecular formula is C6H15ClSi. The average Bonchev–Trinajstić information content (AvgIpc) is 1.67.